The van der Waals surface area contributed by atoms with E-state index in [0.717, 1.165) is 34.9 Å². The Bertz CT molecular complexity index is 816. The van der Waals surface area contributed by atoms with Crippen LogP contribution in [0.5, 0.6) is 5.75 Å². The molecular weight excluding hydrogens is 344 g/mol. The number of aromatic nitrogens is 2. The largest absolute Gasteiger partial charge is 0.497 e. The van der Waals surface area contributed by atoms with Gasteiger partial charge in [0.1, 0.15) is 5.75 Å². The van der Waals surface area contributed by atoms with E-state index in [-0.39, 0.29) is 11.9 Å². The summed E-state index contributed by atoms with van der Waals surface area (Å²) in [7, 11) is 5.23. The van der Waals surface area contributed by atoms with Crippen molar-refractivity contribution < 1.29 is 14.3 Å². The maximum Gasteiger partial charge on any atom is 0.236 e. The monoisotopic (exact) mass is 372 g/mol. The molecule has 0 aliphatic carbocycles. The van der Waals surface area contributed by atoms with E-state index in [1.807, 2.05) is 35.9 Å². The molecule has 3 rings (SSSR count). The van der Waals surface area contributed by atoms with E-state index < -0.39 is 0 Å². The number of hydrogen-bond acceptors (Lipinski definition) is 5. The Balaban J connectivity index is 1.95. The number of likely N-dealkylation sites (N-methyl/N-ethyl adjacent to an activating group) is 1. The van der Waals surface area contributed by atoms with Gasteiger partial charge in [-0.3, -0.25) is 9.69 Å². The molecule has 1 aromatic carbocycles. The summed E-state index contributed by atoms with van der Waals surface area (Å²) in [4.78, 5) is 16.1. The molecule has 2 aromatic rings. The lowest BCUT2D eigenvalue weighted by atomic mass is 10.0. The predicted molar refractivity (Wildman–Crippen MR) is 103 cm³/mol. The molecule has 0 bridgehead atoms. The highest BCUT2D eigenvalue weighted by atomic mass is 16.5. The lowest BCUT2D eigenvalue weighted by Crippen LogP contribution is -2.45. The topological polar surface area (TPSA) is 59.8 Å². The number of ether oxygens (including phenoxy) is 2. The lowest BCUT2D eigenvalue weighted by Gasteiger charge is -2.36. The Kier molecular flexibility index (Phi) is 5.82. The SMILES string of the molecule is COc1cccc(-n2nc(C)c(C3COCCN3CC(=O)N(C)C)c2C)c1. The zero-order chi connectivity index (χ0) is 19.6. The molecule has 1 saturated heterocycles. The highest BCUT2D eigenvalue weighted by Gasteiger charge is 2.31. The number of amides is 1. The van der Waals surface area contributed by atoms with Crippen LogP contribution in [0.15, 0.2) is 24.3 Å². The zero-order valence-electron chi connectivity index (χ0n) is 16.7. The third-order valence-corrected chi connectivity index (χ3v) is 5.05. The van der Waals surface area contributed by atoms with Gasteiger partial charge in [-0.1, -0.05) is 6.07 Å². The van der Waals surface area contributed by atoms with Crippen molar-refractivity contribution in [2.45, 2.75) is 19.9 Å². The fourth-order valence-electron chi connectivity index (χ4n) is 3.54. The average molecular weight is 372 g/mol. The van der Waals surface area contributed by atoms with Crippen molar-refractivity contribution in [1.29, 1.82) is 0 Å². The average Bonchev–Trinajstić information content (AvgIpc) is 2.96. The van der Waals surface area contributed by atoms with Gasteiger partial charge in [0, 0.05) is 38.0 Å². The highest BCUT2D eigenvalue weighted by Crippen LogP contribution is 2.31. The quantitative estimate of drug-likeness (QED) is 0.803. The number of methoxy groups -OCH3 is 1. The minimum Gasteiger partial charge on any atom is -0.497 e. The second kappa shape index (κ2) is 8.10. The number of carbonyl (C=O) groups excluding carboxylic acids is 1. The predicted octanol–water partition coefficient (Wildman–Crippen LogP) is 1.96. The molecule has 1 unspecified atom stereocenters. The van der Waals surface area contributed by atoms with Gasteiger partial charge in [0.2, 0.25) is 5.91 Å². The minimum absolute atomic E-state index is 0.0157. The summed E-state index contributed by atoms with van der Waals surface area (Å²) < 4.78 is 13.0. The Hall–Kier alpha value is -2.38. The summed E-state index contributed by atoms with van der Waals surface area (Å²) in [5, 5.41) is 4.76. The summed E-state index contributed by atoms with van der Waals surface area (Å²) in [5.41, 5.74) is 4.09. The molecule has 0 saturated carbocycles. The van der Waals surface area contributed by atoms with E-state index >= 15 is 0 Å². The molecule has 146 valence electrons. The standard InChI is InChI=1S/C20H28N4O3/c1-14-20(18-13-27-10-9-23(18)12-19(25)22(3)4)15(2)24(21-14)16-7-6-8-17(11-16)26-5/h6-8,11,18H,9-10,12-13H2,1-5H3. The van der Waals surface area contributed by atoms with Crippen LogP contribution >= 0.6 is 0 Å². The van der Waals surface area contributed by atoms with Gasteiger partial charge >= 0.3 is 0 Å². The molecule has 0 spiro atoms. The first kappa shape index (κ1) is 19.4. The smallest absolute Gasteiger partial charge is 0.236 e. The fourth-order valence-corrected chi connectivity index (χ4v) is 3.54. The minimum atomic E-state index is 0.0157. The highest BCUT2D eigenvalue weighted by molar-refractivity contribution is 5.77. The van der Waals surface area contributed by atoms with Crippen molar-refractivity contribution in [2.24, 2.45) is 0 Å². The van der Waals surface area contributed by atoms with Gasteiger partial charge in [0.15, 0.2) is 0 Å². The Morgan fingerprint density at radius 1 is 1.37 bits per heavy atom. The van der Waals surface area contributed by atoms with Crippen molar-refractivity contribution in [3.8, 4) is 11.4 Å². The molecule has 1 fully saturated rings. The molecule has 27 heavy (non-hydrogen) atoms. The number of hydrogen-bond donors (Lipinski definition) is 0. The third kappa shape index (κ3) is 3.99. The van der Waals surface area contributed by atoms with E-state index in [2.05, 4.69) is 11.8 Å². The van der Waals surface area contributed by atoms with Crippen molar-refractivity contribution in [1.82, 2.24) is 19.6 Å². The first-order valence-electron chi connectivity index (χ1n) is 9.15. The van der Waals surface area contributed by atoms with Crippen molar-refractivity contribution in [2.75, 3.05) is 47.5 Å². The second-order valence-electron chi connectivity index (χ2n) is 7.05. The van der Waals surface area contributed by atoms with Crippen LogP contribution in [0, 0.1) is 13.8 Å². The van der Waals surface area contributed by atoms with Crippen LogP contribution in [-0.2, 0) is 9.53 Å². The Morgan fingerprint density at radius 3 is 2.85 bits per heavy atom. The maximum absolute atomic E-state index is 12.3. The molecule has 1 aromatic heterocycles. The van der Waals surface area contributed by atoms with Crippen molar-refractivity contribution in [3.05, 3.63) is 41.2 Å². The number of morpholine rings is 1. The van der Waals surface area contributed by atoms with Crippen molar-refractivity contribution >= 4 is 5.91 Å². The Labute approximate surface area is 160 Å². The van der Waals surface area contributed by atoms with Crippen LogP contribution in [0.25, 0.3) is 5.69 Å². The summed E-state index contributed by atoms with van der Waals surface area (Å²) >= 11 is 0. The summed E-state index contributed by atoms with van der Waals surface area (Å²) in [6.45, 7) is 6.39. The van der Waals surface area contributed by atoms with E-state index in [1.54, 1.807) is 26.1 Å². The molecule has 1 amide bonds. The van der Waals surface area contributed by atoms with Gasteiger partial charge < -0.3 is 14.4 Å². The molecule has 7 nitrogen and oxygen atoms in total. The number of rotatable bonds is 5. The van der Waals surface area contributed by atoms with E-state index in [9.17, 15) is 4.79 Å². The van der Waals surface area contributed by atoms with Gasteiger partial charge in [-0.2, -0.15) is 5.10 Å². The molecule has 1 aliphatic rings. The van der Waals surface area contributed by atoms with Crippen LogP contribution < -0.4 is 4.74 Å². The first-order valence-corrected chi connectivity index (χ1v) is 9.15. The first-order chi connectivity index (χ1) is 12.9. The zero-order valence-corrected chi connectivity index (χ0v) is 16.7. The molecule has 1 atom stereocenters. The second-order valence-corrected chi connectivity index (χ2v) is 7.05. The Morgan fingerprint density at radius 2 is 2.15 bits per heavy atom. The van der Waals surface area contributed by atoms with Gasteiger partial charge in [-0.25, -0.2) is 4.68 Å². The lowest BCUT2D eigenvalue weighted by molar-refractivity contribution is -0.132. The van der Waals surface area contributed by atoms with Crippen LogP contribution in [0.1, 0.15) is 23.0 Å². The molecule has 0 N–H and O–H groups in total. The number of aryl methyl sites for hydroxylation is 1. The summed E-state index contributed by atoms with van der Waals surface area (Å²) in [6.07, 6.45) is 0. The number of benzene rings is 1. The number of carbonyl (C=O) groups is 1. The molecule has 0 radical (unpaired) electrons. The maximum atomic E-state index is 12.3. The van der Waals surface area contributed by atoms with Crippen LogP contribution in [0.3, 0.4) is 0 Å². The molecule has 7 heteroatoms. The van der Waals surface area contributed by atoms with Gasteiger partial charge in [0.05, 0.1) is 44.3 Å². The van der Waals surface area contributed by atoms with Crippen LogP contribution in [0.4, 0.5) is 0 Å². The van der Waals surface area contributed by atoms with Gasteiger partial charge in [0.25, 0.3) is 0 Å². The van der Waals surface area contributed by atoms with Gasteiger partial charge in [-0.05, 0) is 26.0 Å². The fraction of sp³-hybridized carbons (Fsp3) is 0.500. The normalized spacial score (nSPS) is 17.7. The van der Waals surface area contributed by atoms with Gasteiger partial charge in [-0.15, -0.1) is 0 Å². The summed E-state index contributed by atoms with van der Waals surface area (Å²) in [5.74, 6) is 0.887. The van der Waals surface area contributed by atoms with Crippen LogP contribution in [0.2, 0.25) is 0 Å². The molecule has 1 aliphatic heterocycles. The number of nitrogens with zero attached hydrogens (tertiary/aromatic N) is 4. The van der Waals surface area contributed by atoms with E-state index in [0.29, 0.717) is 19.8 Å². The summed E-state index contributed by atoms with van der Waals surface area (Å²) in [6, 6.07) is 7.86. The third-order valence-electron chi connectivity index (χ3n) is 5.05. The molecule has 2 heterocycles. The van der Waals surface area contributed by atoms with E-state index in [1.165, 1.54) is 0 Å². The van der Waals surface area contributed by atoms with E-state index in [4.69, 9.17) is 14.6 Å². The molecular formula is C20H28N4O3. The van der Waals surface area contributed by atoms with Crippen LogP contribution in [-0.4, -0.2) is 73.0 Å². The van der Waals surface area contributed by atoms with Crippen molar-refractivity contribution in [3.63, 3.8) is 0 Å².